The van der Waals surface area contributed by atoms with Crippen LogP contribution in [0.2, 0.25) is 0 Å². The number of nitrogens with two attached hydrogens (primary N) is 2. The van der Waals surface area contributed by atoms with Crippen molar-refractivity contribution in [3.63, 3.8) is 0 Å². The van der Waals surface area contributed by atoms with Gasteiger partial charge in [0.1, 0.15) is 0 Å². The summed E-state index contributed by atoms with van der Waals surface area (Å²) in [5.41, 5.74) is 16.0. The fourth-order valence-electron chi connectivity index (χ4n) is 1.75. The van der Waals surface area contributed by atoms with Gasteiger partial charge in [0.2, 0.25) is 0 Å². The van der Waals surface area contributed by atoms with E-state index in [0.29, 0.717) is 11.4 Å². The van der Waals surface area contributed by atoms with Gasteiger partial charge in [-0.05, 0) is 31.0 Å². The average molecular weight is 187 g/mol. The number of fused-ring (bicyclic) bond motifs is 1. The first-order valence-electron chi connectivity index (χ1n) is 4.50. The van der Waals surface area contributed by atoms with Crippen LogP contribution in [0.25, 0.3) is 10.9 Å². The van der Waals surface area contributed by atoms with Crippen LogP contribution in [0.4, 0.5) is 11.4 Å². The van der Waals surface area contributed by atoms with E-state index in [4.69, 9.17) is 11.5 Å². The van der Waals surface area contributed by atoms with Crippen molar-refractivity contribution in [1.29, 1.82) is 0 Å². The van der Waals surface area contributed by atoms with E-state index in [1.54, 1.807) is 6.20 Å². The van der Waals surface area contributed by atoms with Crippen LogP contribution in [-0.4, -0.2) is 4.98 Å². The summed E-state index contributed by atoms with van der Waals surface area (Å²) in [5.74, 6) is 0. The standard InChI is InChI=1S/C11H13N3/c1-6-3-7(2)10-9(4-6)14-5-8(12)11(10)13/h3-5H,12H2,1-2H3,(H2,13,14). The molecule has 0 aliphatic carbocycles. The molecule has 2 rings (SSSR count). The lowest BCUT2D eigenvalue weighted by Crippen LogP contribution is -1.98. The number of aryl methyl sites for hydroxylation is 2. The fourth-order valence-corrected chi connectivity index (χ4v) is 1.75. The summed E-state index contributed by atoms with van der Waals surface area (Å²) >= 11 is 0. The van der Waals surface area contributed by atoms with E-state index >= 15 is 0 Å². The third-order valence-electron chi connectivity index (χ3n) is 2.38. The first-order valence-corrected chi connectivity index (χ1v) is 4.50. The van der Waals surface area contributed by atoms with Gasteiger partial charge in [0, 0.05) is 5.39 Å². The number of benzene rings is 1. The Kier molecular flexibility index (Phi) is 1.81. The molecule has 72 valence electrons. The van der Waals surface area contributed by atoms with Gasteiger partial charge in [-0.1, -0.05) is 6.07 Å². The lowest BCUT2D eigenvalue weighted by atomic mass is 10.0. The summed E-state index contributed by atoms with van der Waals surface area (Å²) in [6.45, 7) is 4.06. The number of anilines is 2. The molecular weight excluding hydrogens is 174 g/mol. The highest BCUT2D eigenvalue weighted by Gasteiger charge is 2.06. The Hall–Kier alpha value is -1.77. The van der Waals surface area contributed by atoms with Crippen molar-refractivity contribution >= 4 is 22.3 Å². The third kappa shape index (κ3) is 1.18. The van der Waals surface area contributed by atoms with Crippen LogP contribution in [0.3, 0.4) is 0 Å². The molecule has 14 heavy (non-hydrogen) atoms. The minimum Gasteiger partial charge on any atom is -0.396 e. The highest BCUT2D eigenvalue weighted by atomic mass is 14.8. The van der Waals surface area contributed by atoms with Crippen LogP contribution in [0.5, 0.6) is 0 Å². The van der Waals surface area contributed by atoms with Gasteiger partial charge in [-0.2, -0.15) is 0 Å². The highest BCUT2D eigenvalue weighted by molar-refractivity contribution is 5.98. The number of hydrogen-bond acceptors (Lipinski definition) is 3. The van der Waals surface area contributed by atoms with Gasteiger partial charge >= 0.3 is 0 Å². The van der Waals surface area contributed by atoms with Crippen molar-refractivity contribution in [2.24, 2.45) is 0 Å². The van der Waals surface area contributed by atoms with Crippen LogP contribution < -0.4 is 11.5 Å². The molecule has 0 bridgehead atoms. The van der Waals surface area contributed by atoms with Crippen LogP contribution >= 0.6 is 0 Å². The van der Waals surface area contributed by atoms with E-state index in [1.807, 2.05) is 19.9 Å². The van der Waals surface area contributed by atoms with E-state index in [1.165, 1.54) is 5.56 Å². The summed E-state index contributed by atoms with van der Waals surface area (Å²) in [6.07, 6.45) is 1.61. The SMILES string of the molecule is Cc1cc(C)c2c(N)c(N)cnc2c1. The number of hydrogen-bond donors (Lipinski definition) is 2. The summed E-state index contributed by atoms with van der Waals surface area (Å²) in [4.78, 5) is 4.26. The van der Waals surface area contributed by atoms with E-state index in [2.05, 4.69) is 11.1 Å². The number of rotatable bonds is 0. The zero-order valence-electron chi connectivity index (χ0n) is 8.33. The molecule has 0 atom stereocenters. The van der Waals surface area contributed by atoms with Gasteiger partial charge in [0.25, 0.3) is 0 Å². The number of pyridine rings is 1. The minimum absolute atomic E-state index is 0.546. The zero-order valence-corrected chi connectivity index (χ0v) is 8.33. The van der Waals surface area contributed by atoms with Crippen molar-refractivity contribution in [2.75, 3.05) is 11.5 Å². The maximum absolute atomic E-state index is 5.90. The first kappa shape index (κ1) is 8.81. The largest absolute Gasteiger partial charge is 0.396 e. The zero-order chi connectivity index (χ0) is 10.3. The normalized spacial score (nSPS) is 10.7. The topological polar surface area (TPSA) is 64.9 Å². The Balaban J connectivity index is 2.95. The maximum Gasteiger partial charge on any atom is 0.0741 e. The summed E-state index contributed by atoms with van der Waals surface area (Å²) in [7, 11) is 0. The summed E-state index contributed by atoms with van der Waals surface area (Å²) in [6, 6.07) is 4.10. The van der Waals surface area contributed by atoms with E-state index in [0.717, 1.165) is 16.5 Å². The molecule has 0 amide bonds. The second-order valence-corrected chi connectivity index (χ2v) is 3.60. The Morgan fingerprint density at radius 3 is 2.57 bits per heavy atom. The smallest absolute Gasteiger partial charge is 0.0741 e. The van der Waals surface area contributed by atoms with Crippen LogP contribution in [0, 0.1) is 13.8 Å². The Bertz CT molecular complexity index is 503. The van der Waals surface area contributed by atoms with Gasteiger partial charge < -0.3 is 11.5 Å². The molecule has 0 saturated carbocycles. The molecule has 4 N–H and O–H groups in total. The molecule has 3 nitrogen and oxygen atoms in total. The van der Waals surface area contributed by atoms with Crippen LogP contribution in [0.1, 0.15) is 11.1 Å². The molecule has 0 saturated heterocycles. The van der Waals surface area contributed by atoms with Crippen molar-refractivity contribution in [3.8, 4) is 0 Å². The predicted octanol–water partition coefficient (Wildman–Crippen LogP) is 2.02. The van der Waals surface area contributed by atoms with Crippen LogP contribution in [0.15, 0.2) is 18.3 Å². The molecule has 0 radical (unpaired) electrons. The van der Waals surface area contributed by atoms with Gasteiger partial charge in [-0.25, -0.2) is 0 Å². The molecule has 3 heteroatoms. The van der Waals surface area contributed by atoms with E-state index < -0.39 is 0 Å². The van der Waals surface area contributed by atoms with Crippen LogP contribution in [-0.2, 0) is 0 Å². The van der Waals surface area contributed by atoms with Gasteiger partial charge in [0.05, 0.1) is 23.1 Å². The monoisotopic (exact) mass is 187 g/mol. The van der Waals surface area contributed by atoms with Crippen molar-refractivity contribution in [3.05, 3.63) is 29.5 Å². The van der Waals surface area contributed by atoms with E-state index in [9.17, 15) is 0 Å². The Morgan fingerprint density at radius 2 is 1.86 bits per heavy atom. The molecule has 1 aromatic heterocycles. The summed E-state index contributed by atoms with van der Waals surface area (Å²) < 4.78 is 0. The van der Waals surface area contributed by atoms with Gasteiger partial charge in [-0.3, -0.25) is 4.98 Å². The number of nitrogen functional groups attached to an aromatic ring is 2. The predicted molar refractivity (Wildman–Crippen MR) is 60.0 cm³/mol. The van der Waals surface area contributed by atoms with Gasteiger partial charge in [0.15, 0.2) is 0 Å². The molecule has 1 heterocycles. The molecule has 0 aliphatic heterocycles. The van der Waals surface area contributed by atoms with Gasteiger partial charge in [-0.15, -0.1) is 0 Å². The minimum atomic E-state index is 0.546. The molecule has 2 aromatic rings. The molecule has 0 fully saturated rings. The van der Waals surface area contributed by atoms with E-state index in [-0.39, 0.29) is 0 Å². The molecule has 0 aliphatic rings. The molecular formula is C11H13N3. The number of aromatic nitrogens is 1. The average Bonchev–Trinajstić information content (AvgIpc) is 2.10. The highest BCUT2D eigenvalue weighted by Crippen LogP contribution is 2.28. The first-order chi connectivity index (χ1) is 6.59. The fraction of sp³-hybridized carbons (Fsp3) is 0.182. The molecule has 0 spiro atoms. The Morgan fingerprint density at radius 1 is 1.14 bits per heavy atom. The maximum atomic E-state index is 5.90. The lowest BCUT2D eigenvalue weighted by Gasteiger charge is -2.08. The third-order valence-corrected chi connectivity index (χ3v) is 2.38. The molecule has 0 unspecified atom stereocenters. The van der Waals surface area contributed by atoms with Crippen molar-refractivity contribution < 1.29 is 0 Å². The second kappa shape index (κ2) is 2.87. The summed E-state index contributed by atoms with van der Waals surface area (Å²) in [5, 5.41) is 0.968. The lowest BCUT2D eigenvalue weighted by molar-refractivity contribution is 1.36. The second-order valence-electron chi connectivity index (χ2n) is 3.60. The van der Waals surface area contributed by atoms with Crippen molar-refractivity contribution in [2.45, 2.75) is 13.8 Å². The number of nitrogens with zero attached hydrogens (tertiary/aromatic N) is 1. The quantitative estimate of drug-likeness (QED) is 0.663. The molecule has 1 aromatic carbocycles. The Labute approximate surface area is 82.7 Å². The van der Waals surface area contributed by atoms with Crippen molar-refractivity contribution in [1.82, 2.24) is 4.98 Å².